The van der Waals surface area contributed by atoms with Crippen LogP contribution in [0, 0.1) is 0 Å². The Morgan fingerprint density at radius 1 is 1.10 bits per heavy atom. The maximum Gasteiger partial charge on any atom is 0.339 e. The molecule has 0 saturated heterocycles. The summed E-state index contributed by atoms with van der Waals surface area (Å²) < 4.78 is 12.5. The fraction of sp³-hybridized carbons (Fsp3) is 0.182. The van der Waals surface area contributed by atoms with Crippen LogP contribution in [0.25, 0.3) is 5.69 Å². The minimum atomic E-state index is -1.10. The Morgan fingerprint density at radius 3 is 2.48 bits per heavy atom. The van der Waals surface area contributed by atoms with E-state index in [0.717, 1.165) is 11.3 Å². The number of aromatic nitrogens is 1. The van der Waals surface area contributed by atoms with Gasteiger partial charge in [0.1, 0.15) is 17.1 Å². The lowest BCUT2D eigenvalue weighted by Crippen LogP contribution is -2.25. The lowest BCUT2D eigenvalue weighted by atomic mass is 9.88. The van der Waals surface area contributed by atoms with Crippen LogP contribution in [0.2, 0.25) is 0 Å². The number of benzene rings is 2. The monoisotopic (exact) mass is 392 g/mol. The van der Waals surface area contributed by atoms with Crippen molar-refractivity contribution >= 4 is 17.6 Å². The van der Waals surface area contributed by atoms with Gasteiger partial charge in [0.05, 0.1) is 25.6 Å². The average Bonchev–Trinajstić information content (AvgIpc) is 3.13. The Hall–Kier alpha value is -3.74. The van der Waals surface area contributed by atoms with E-state index in [1.165, 1.54) is 0 Å². The molecule has 148 valence electrons. The molecular formula is C22H20N2O5. The van der Waals surface area contributed by atoms with Crippen LogP contribution in [-0.2, 0) is 4.79 Å². The van der Waals surface area contributed by atoms with Gasteiger partial charge in [0.2, 0.25) is 5.91 Å². The number of hydrogen-bond donors (Lipinski definition) is 2. The number of carboxylic acids is 1. The average molecular weight is 392 g/mol. The van der Waals surface area contributed by atoms with E-state index in [4.69, 9.17) is 9.47 Å². The molecule has 0 saturated carbocycles. The first kappa shape index (κ1) is 18.6. The molecule has 1 aliphatic heterocycles. The minimum absolute atomic E-state index is 0.0452. The normalized spacial score (nSPS) is 15.4. The molecule has 0 bridgehead atoms. The van der Waals surface area contributed by atoms with Crippen LogP contribution in [0.15, 0.2) is 54.7 Å². The second-order valence-corrected chi connectivity index (χ2v) is 6.76. The van der Waals surface area contributed by atoms with Crippen LogP contribution in [0.5, 0.6) is 11.5 Å². The second kappa shape index (κ2) is 7.35. The smallest absolute Gasteiger partial charge is 0.339 e. The highest BCUT2D eigenvalue weighted by molar-refractivity contribution is 6.04. The summed E-state index contributed by atoms with van der Waals surface area (Å²) >= 11 is 0. The zero-order chi connectivity index (χ0) is 20.5. The van der Waals surface area contributed by atoms with Crippen molar-refractivity contribution in [3.63, 3.8) is 0 Å². The quantitative estimate of drug-likeness (QED) is 0.692. The first-order chi connectivity index (χ1) is 14.0. The molecule has 2 N–H and O–H groups in total. The van der Waals surface area contributed by atoms with Crippen LogP contribution in [-0.4, -0.2) is 35.8 Å². The van der Waals surface area contributed by atoms with Gasteiger partial charge in [0.25, 0.3) is 0 Å². The maximum atomic E-state index is 12.4. The zero-order valence-electron chi connectivity index (χ0n) is 16.0. The number of nitrogens with one attached hydrogen (secondary N) is 1. The number of ether oxygens (including phenoxy) is 2. The molecule has 0 radical (unpaired) electrons. The molecule has 2 heterocycles. The number of carbonyl (C=O) groups is 2. The molecule has 0 aliphatic carbocycles. The fourth-order valence-electron chi connectivity index (χ4n) is 3.74. The van der Waals surface area contributed by atoms with Crippen molar-refractivity contribution in [3.8, 4) is 17.2 Å². The topological polar surface area (TPSA) is 89.8 Å². The number of aromatic carboxylic acids is 1. The second-order valence-electron chi connectivity index (χ2n) is 6.76. The van der Waals surface area contributed by atoms with Gasteiger partial charge in [-0.25, -0.2) is 4.79 Å². The Kier molecular flexibility index (Phi) is 4.72. The van der Waals surface area contributed by atoms with E-state index in [-0.39, 0.29) is 23.8 Å². The lowest BCUT2D eigenvalue weighted by Gasteiger charge is -2.26. The number of carbonyl (C=O) groups excluding carboxylic acids is 1. The Morgan fingerprint density at radius 2 is 1.79 bits per heavy atom. The predicted octanol–water partition coefficient (Wildman–Crippen LogP) is 3.67. The largest absolute Gasteiger partial charge is 0.497 e. The lowest BCUT2D eigenvalue weighted by molar-refractivity contribution is -0.116. The van der Waals surface area contributed by atoms with Gasteiger partial charge in [-0.05, 0) is 29.8 Å². The number of amides is 1. The molecule has 1 amide bonds. The summed E-state index contributed by atoms with van der Waals surface area (Å²) in [5, 5.41) is 12.5. The van der Waals surface area contributed by atoms with Gasteiger partial charge in [0.15, 0.2) is 0 Å². The van der Waals surface area contributed by atoms with Gasteiger partial charge in [0, 0.05) is 30.3 Å². The van der Waals surface area contributed by atoms with Crippen molar-refractivity contribution < 1.29 is 24.2 Å². The summed E-state index contributed by atoms with van der Waals surface area (Å²) in [5.74, 6) is -0.327. The van der Waals surface area contributed by atoms with E-state index in [1.54, 1.807) is 20.4 Å². The Balaban J connectivity index is 1.96. The van der Waals surface area contributed by atoms with E-state index in [0.29, 0.717) is 22.9 Å². The standard InChI is InChI=1S/C22H20N2O5/c1-28-15-7-3-5-13(9-15)17-11-19(25)23-20-18(22(26)27)12-24(21(17)20)14-6-4-8-16(10-14)29-2/h3-10,12,17H,11H2,1-2H3,(H,23,25)(H,26,27)/t17-/m1/s1. The van der Waals surface area contributed by atoms with Gasteiger partial charge < -0.3 is 24.5 Å². The van der Waals surface area contributed by atoms with E-state index in [9.17, 15) is 14.7 Å². The molecule has 3 aromatic rings. The summed E-state index contributed by atoms with van der Waals surface area (Å²) in [6.07, 6.45) is 1.74. The number of nitrogens with zero attached hydrogens (tertiary/aromatic N) is 1. The van der Waals surface area contributed by atoms with Crippen LogP contribution in [0.4, 0.5) is 5.69 Å². The molecule has 29 heavy (non-hydrogen) atoms. The summed E-state index contributed by atoms with van der Waals surface area (Å²) in [6, 6.07) is 14.8. The third-order valence-corrected chi connectivity index (χ3v) is 5.09. The van der Waals surface area contributed by atoms with Gasteiger partial charge in [-0.1, -0.05) is 18.2 Å². The Bertz CT molecular complexity index is 1100. The highest BCUT2D eigenvalue weighted by Crippen LogP contribution is 2.42. The number of methoxy groups -OCH3 is 2. The summed E-state index contributed by atoms with van der Waals surface area (Å²) in [5.41, 5.74) is 2.70. The van der Waals surface area contributed by atoms with E-state index in [2.05, 4.69) is 5.32 Å². The SMILES string of the molecule is COc1cccc([C@H]2CC(=O)Nc3c(C(=O)O)cn(-c4cccc(OC)c4)c32)c1. The number of fused-ring (bicyclic) bond motifs is 1. The van der Waals surface area contributed by atoms with Crippen LogP contribution < -0.4 is 14.8 Å². The van der Waals surface area contributed by atoms with Gasteiger partial charge in [-0.15, -0.1) is 0 Å². The molecular weight excluding hydrogens is 372 g/mol. The fourth-order valence-corrected chi connectivity index (χ4v) is 3.74. The molecule has 0 fully saturated rings. The Labute approximate surface area is 167 Å². The van der Waals surface area contributed by atoms with Gasteiger partial charge in [-0.3, -0.25) is 4.79 Å². The third-order valence-electron chi connectivity index (χ3n) is 5.09. The third kappa shape index (κ3) is 3.31. The van der Waals surface area contributed by atoms with Crippen molar-refractivity contribution in [1.29, 1.82) is 0 Å². The molecule has 1 aliphatic rings. The van der Waals surface area contributed by atoms with E-state index in [1.807, 2.05) is 53.1 Å². The number of carboxylic acid groups (broad SMARTS) is 1. The highest BCUT2D eigenvalue weighted by Gasteiger charge is 2.34. The molecule has 1 aromatic heterocycles. The van der Waals surface area contributed by atoms with Crippen LogP contribution in [0.3, 0.4) is 0 Å². The van der Waals surface area contributed by atoms with Crippen LogP contribution in [0.1, 0.15) is 34.0 Å². The number of hydrogen-bond acceptors (Lipinski definition) is 4. The van der Waals surface area contributed by atoms with Crippen LogP contribution >= 0.6 is 0 Å². The van der Waals surface area contributed by atoms with Crippen molar-refractivity contribution in [2.45, 2.75) is 12.3 Å². The van der Waals surface area contributed by atoms with Crippen molar-refractivity contribution in [1.82, 2.24) is 4.57 Å². The van der Waals surface area contributed by atoms with Gasteiger partial charge in [-0.2, -0.15) is 0 Å². The predicted molar refractivity (Wildman–Crippen MR) is 107 cm³/mol. The molecule has 7 heteroatoms. The molecule has 4 rings (SSSR count). The molecule has 2 aromatic carbocycles. The first-order valence-corrected chi connectivity index (χ1v) is 9.08. The number of rotatable bonds is 5. The molecule has 1 atom stereocenters. The van der Waals surface area contributed by atoms with Gasteiger partial charge >= 0.3 is 5.97 Å². The zero-order valence-corrected chi connectivity index (χ0v) is 16.0. The minimum Gasteiger partial charge on any atom is -0.497 e. The van der Waals surface area contributed by atoms with Crippen molar-refractivity contribution in [2.24, 2.45) is 0 Å². The number of anilines is 1. The summed E-state index contributed by atoms with van der Waals surface area (Å²) in [7, 11) is 3.16. The van der Waals surface area contributed by atoms with Crippen molar-refractivity contribution in [3.05, 3.63) is 71.5 Å². The van der Waals surface area contributed by atoms with E-state index >= 15 is 0 Å². The molecule has 0 unspecified atom stereocenters. The highest BCUT2D eigenvalue weighted by atomic mass is 16.5. The first-order valence-electron chi connectivity index (χ1n) is 9.08. The molecule has 0 spiro atoms. The summed E-state index contributed by atoms with van der Waals surface area (Å²) in [4.78, 5) is 24.3. The maximum absolute atomic E-state index is 12.4. The van der Waals surface area contributed by atoms with Crippen molar-refractivity contribution in [2.75, 3.05) is 19.5 Å². The van der Waals surface area contributed by atoms with E-state index < -0.39 is 5.97 Å². The summed E-state index contributed by atoms with van der Waals surface area (Å²) in [6.45, 7) is 0. The molecule has 7 nitrogen and oxygen atoms in total.